The minimum atomic E-state index is -3.58. The smallest absolute Gasteiger partial charge is 0.323 e. The number of anilines is 2. The lowest BCUT2D eigenvalue weighted by Crippen LogP contribution is -2.38. The molecule has 0 bridgehead atoms. The van der Waals surface area contributed by atoms with Crippen LogP contribution in [0.15, 0.2) is 52.3 Å². The molecule has 202 valence electrons. The third kappa shape index (κ3) is 6.02. The summed E-state index contributed by atoms with van der Waals surface area (Å²) in [7, 11) is -3.58. The van der Waals surface area contributed by atoms with Gasteiger partial charge in [-0.25, -0.2) is 8.42 Å². The van der Waals surface area contributed by atoms with Gasteiger partial charge in [0.15, 0.2) is 9.84 Å². The maximum atomic E-state index is 14.1. The minimum Gasteiger partial charge on any atom is -0.480 e. The number of fused-ring (bicyclic) bond motifs is 1. The summed E-state index contributed by atoms with van der Waals surface area (Å²) in [6, 6.07) is 13.9. The molecule has 0 spiro atoms. The van der Waals surface area contributed by atoms with Gasteiger partial charge in [-0.05, 0) is 61.8 Å². The number of thioether (sulfide) groups is 1. The maximum absolute atomic E-state index is 14.1. The number of nitrogens with one attached hydrogen (secondary N) is 1. The van der Waals surface area contributed by atoms with Gasteiger partial charge in [-0.15, -0.1) is 11.8 Å². The first-order valence-corrected chi connectivity index (χ1v) is 16.3. The molecule has 1 aliphatic carbocycles. The molecule has 2 aromatic carbocycles. The number of carboxylic acids is 1. The van der Waals surface area contributed by atoms with Gasteiger partial charge >= 0.3 is 5.97 Å². The summed E-state index contributed by atoms with van der Waals surface area (Å²) in [6.07, 6.45) is 9.00. The molecule has 0 atom stereocenters. The Kier molecular flexibility index (Phi) is 8.61. The molecule has 4 rings (SSSR count). The molecule has 6 nitrogen and oxygen atoms in total. The van der Waals surface area contributed by atoms with E-state index in [2.05, 4.69) is 36.2 Å². The summed E-state index contributed by atoms with van der Waals surface area (Å²) < 4.78 is 28.3. The van der Waals surface area contributed by atoms with Crippen molar-refractivity contribution < 1.29 is 18.3 Å². The van der Waals surface area contributed by atoms with Gasteiger partial charge in [0.25, 0.3) is 0 Å². The summed E-state index contributed by atoms with van der Waals surface area (Å²) in [4.78, 5) is 15.3. The molecule has 2 aliphatic rings. The quantitative estimate of drug-likeness (QED) is 0.299. The first-order valence-electron chi connectivity index (χ1n) is 13.4. The zero-order valence-electron chi connectivity index (χ0n) is 22.3. The Morgan fingerprint density at radius 2 is 1.73 bits per heavy atom. The standard InChI is InChI=1S/C29H40N2O4S2/c1-4-6-13-28(14-7-5-2)20-31(23-11-9-8-10-12-23)24-18-25(36-3)22(17-26(24)37(34,35)21-28)19-30-29(15-16-29)27(32)33/h8-12,17-18,30H,4-7,13-16,19-21H2,1-3H3,(H,32,33). The van der Waals surface area contributed by atoms with Gasteiger partial charge in [0.05, 0.1) is 16.3 Å². The van der Waals surface area contributed by atoms with Gasteiger partial charge < -0.3 is 10.0 Å². The lowest BCUT2D eigenvalue weighted by Gasteiger charge is -2.37. The Hall–Kier alpha value is -2.03. The number of para-hydroxylation sites is 1. The van der Waals surface area contributed by atoms with Crippen LogP contribution in [0.3, 0.4) is 0 Å². The number of benzene rings is 2. The van der Waals surface area contributed by atoms with Crippen LogP contribution in [0.5, 0.6) is 0 Å². The van der Waals surface area contributed by atoms with Gasteiger partial charge in [-0.3, -0.25) is 10.1 Å². The molecule has 2 N–H and O–H groups in total. The lowest BCUT2D eigenvalue weighted by molar-refractivity contribution is -0.140. The Balaban J connectivity index is 1.84. The molecule has 1 aliphatic heterocycles. The number of hydrogen-bond acceptors (Lipinski definition) is 6. The maximum Gasteiger partial charge on any atom is 0.323 e. The first kappa shape index (κ1) is 28.0. The van der Waals surface area contributed by atoms with E-state index < -0.39 is 21.3 Å². The number of aliphatic carboxylic acids is 1. The van der Waals surface area contributed by atoms with Crippen molar-refractivity contribution in [3.63, 3.8) is 0 Å². The molecule has 0 radical (unpaired) electrons. The first-order chi connectivity index (χ1) is 17.7. The predicted octanol–water partition coefficient (Wildman–Crippen LogP) is 6.41. The molecule has 0 unspecified atom stereocenters. The molecule has 1 fully saturated rings. The number of rotatable bonds is 12. The van der Waals surface area contributed by atoms with E-state index in [-0.39, 0.29) is 11.2 Å². The number of carbonyl (C=O) groups is 1. The average Bonchev–Trinajstić information content (AvgIpc) is 3.70. The van der Waals surface area contributed by atoms with Gasteiger partial charge in [0, 0.05) is 29.1 Å². The molecule has 1 saturated carbocycles. The van der Waals surface area contributed by atoms with Crippen LogP contribution >= 0.6 is 11.8 Å². The van der Waals surface area contributed by atoms with E-state index in [0.717, 1.165) is 60.4 Å². The number of sulfone groups is 1. The van der Waals surface area contributed by atoms with E-state index >= 15 is 0 Å². The van der Waals surface area contributed by atoms with Crippen molar-refractivity contribution >= 4 is 38.9 Å². The van der Waals surface area contributed by atoms with E-state index in [1.165, 1.54) is 0 Å². The van der Waals surface area contributed by atoms with Crippen LogP contribution in [0.4, 0.5) is 11.4 Å². The van der Waals surface area contributed by atoms with Crippen LogP contribution in [-0.4, -0.2) is 43.6 Å². The van der Waals surface area contributed by atoms with Gasteiger partial charge in [-0.2, -0.15) is 0 Å². The molecular formula is C29H40N2O4S2. The van der Waals surface area contributed by atoms with Crippen molar-refractivity contribution in [2.75, 3.05) is 23.5 Å². The highest BCUT2D eigenvalue weighted by atomic mass is 32.2. The van der Waals surface area contributed by atoms with Crippen LogP contribution < -0.4 is 10.2 Å². The number of unbranched alkanes of at least 4 members (excludes halogenated alkanes) is 2. The highest BCUT2D eigenvalue weighted by Crippen LogP contribution is 2.46. The zero-order chi connectivity index (χ0) is 26.7. The molecular weight excluding hydrogens is 504 g/mol. The second-order valence-corrected chi connectivity index (χ2v) is 13.6. The van der Waals surface area contributed by atoms with Crippen LogP contribution in [-0.2, 0) is 21.2 Å². The van der Waals surface area contributed by atoms with Crippen LogP contribution in [0.2, 0.25) is 0 Å². The van der Waals surface area contributed by atoms with E-state index in [1.54, 1.807) is 11.8 Å². The van der Waals surface area contributed by atoms with Crippen LogP contribution in [0.1, 0.15) is 70.8 Å². The van der Waals surface area contributed by atoms with Crippen molar-refractivity contribution in [2.24, 2.45) is 5.41 Å². The molecule has 1 heterocycles. The SMILES string of the molecule is CCCCC1(CCCC)CN(c2ccccc2)c2cc(SC)c(CNC3(C(=O)O)CC3)cc2S(=O)(=O)C1. The third-order valence-electron chi connectivity index (χ3n) is 7.94. The van der Waals surface area contributed by atoms with Crippen molar-refractivity contribution in [1.82, 2.24) is 5.32 Å². The highest BCUT2D eigenvalue weighted by Gasteiger charge is 2.50. The van der Waals surface area contributed by atoms with Gasteiger partial charge in [0.1, 0.15) is 5.54 Å². The van der Waals surface area contributed by atoms with Crippen LogP contribution in [0, 0.1) is 5.41 Å². The Bertz CT molecular complexity index is 1200. The van der Waals surface area contributed by atoms with Crippen LogP contribution in [0.25, 0.3) is 0 Å². The molecule has 0 aromatic heterocycles. The monoisotopic (exact) mass is 544 g/mol. The average molecular weight is 545 g/mol. The zero-order valence-corrected chi connectivity index (χ0v) is 23.9. The number of hydrogen-bond donors (Lipinski definition) is 2. The summed E-state index contributed by atoms with van der Waals surface area (Å²) in [5, 5.41) is 12.8. The Labute approximate surface area is 226 Å². The summed E-state index contributed by atoms with van der Waals surface area (Å²) in [5.41, 5.74) is 1.35. The normalized spacial score (nSPS) is 19.2. The number of nitrogens with zero attached hydrogens (tertiary/aromatic N) is 1. The molecule has 2 aromatic rings. The molecule has 8 heteroatoms. The number of carboxylic acid groups (broad SMARTS) is 1. The summed E-state index contributed by atoms with van der Waals surface area (Å²) in [6.45, 7) is 5.32. The summed E-state index contributed by atoms with van der Waals surface area (Å²) >= 11 is 1.57. The van der Waals surface area contributed by atoms with Gasteiger partial charge in [0.2, 0.25) is 0 Å². The fraction of sp³-hybridized carbons (Fsp3) is 0.552. The molecule has 37 heavy (non-hydrogen) atoms. The lowest BCUT2D eigenvalue weighted by atomic mass is 9.79. The predicted molar refractivity (Wildman–Crippen MR) is 152 cm³/mol. The second-order valence-electron chi connectivity index (χ2n) is 10.8. The van der Waals surface area contributed by atoms with E-state index in [0.29, 0.717) is 30.8 Å². The fourth-order valence-corrected chi connectivity index (χ4v) is 8.33. The molecule has 0 amide bonds. The fourth-order valence-electron chi connectivity index (χ4n) is 5.55. The highest BCUT2D eigenvalue weighted by molar-refractivity contribution is 7.98. The van der Waals surface area contributed by atoms with E-state index in [9.17, 15) is 18.3 Å². The van der Waals surface area contributed by atoms with Crippen molar-refractivity contribution in [3.05, 3.63) is 48.0 Å². The second kappa shape index (κ2) is 11.4. The Morgan fingerprint density at radius 1 is 1.08 bits per heavy atom. The van der Waals surface area contributed by atoms with Crippen molar-refractivity contribution in [1.29, 1.82) is 0 Å². The topological polar surface area (TPSA) is 86.7 Å². The minimum absolute atomic E-state index is 0.140. The Morgan fingerprint density at radius 3 is 2.27 bits per heavy atom. The molecule has 0 saturated heterocycles. The van der Waals surface area contributed by atoms with Crippen molar-refractivity contribution in [3.8, 4) is 0 Å². The van der Waals surface area contributed by atoms with E-state index in [1.807, 2.05) is 36.6 Å². The van der Waals surface area contributed by atoms with Crippen molar-refractivity contribution in [2.45, 2.75) is 87.1 Å². The third-order valence-corrected chi connectivity index (χ3v) is 10.8. The largest absolute Gasteiger partial charge is 0.480 e. The summed E-state index contributed by atoms with van der Waals surface area (Å²) in [5.74, 6) is -0.701. The van der Waals surface area contributed by atoms with Gasteiger partial charge in [-0.1, -0.05) is 57.7 Å². The van der Waals surface area contributed by atoms with E-state index in [4.69, 9.17) is 0 Å².